The minimum atomic E-state index is -4.28. The first-order valence-corrected chi connectivity index (χ1v) is 11.8. The fourth-order valence-electron chi connectivity index (χ4n) is 2.89. The number of carbonyl (C=O) groups is 1. The van der Waals surface area contributed by atoms with Crippen molar-refractivity contribution < 1.29 is 23.1 Å². The van der Waals surface area contributed by atoms with Gasteiger partial charge >= 0.3 is 0 Å². The molecule has 1 unspecified atom stereocenters. The topological polar surface area (TPSA) is 106 Å². The van der Waals surface area contributed by atoms with E-state index in [1.807, 2.05) is 35.1 Å². The molecule has 0 aliphatic rings. The third kappa shape index (κ3) is 6.51. The molecule has 2 N–H and O–H groups in total. The molecule has 3 rings (SSSR count). The van der Waals surface area contributed by atoms with Crippen LogP contribution in [0, 0.1) is 0 Å². The van der Waals surface area contributed by atoms with Gasteiger partial charge in [0.25, 0.3) is 5.91 Å². The van der Waals surface area contributed by atoms with Crippen molar-refractivity contribution in [3.63, 3.8) is 0 Å². The van der Waals surface area contributed by atoms with Crippen molar-refractivity contribution >= 4 is 39.1 Å². The summed E-state index contributed by atoms with van der Waals surface area (Å²) in [5.41, 5.74) is 1.81. The van der Waals surface area contributed by atoms with Crippen molar-refractivity contribution in [2.24, 2.45) is 0 Å². The molecule has 2 aromatic carbocycles. The van der Waals surface area contributed by atoms with Gasteiger partial charge in [-0.1, -0.05) is 53.5 Å². The van der Waals surface area contributed by atoms with Gasteiger partial charge in [0, 0.05) is 16.2 Å². The maximum atomic E-state index is 12.7. The number of pyridine rings is 1. The maximum absolute atomic E-state index is 12.7. The van der Waals surface area contributed by atoms with Crippen LogP contribution in [-0.2, 0) is 28.0 Å². The molecule has 0 spiro atoms. The zero-order valence-corrected chi connectivity index (χ0v) is 19.1. The quantitative estimate of drug-likeness (QED) is 0.467. The first kappa shape index (κ1) is 24.2. The van der Waals surface area contributed by atoms with Gasteiger partial charge in [0.1, 0.15) is 5.25 Å². The zero-order chi connectivity index (χ0) is 23.1. The molecule has 3 aromatic rings. The Morgan fingerprint density at radius 3 is 2.31 bits per heavy atom. The number of halogens is 2. The third-order valence-electron chi connectivity index (χ3n) is 4.48. The Kier molecular flexibility index (Phi) is 8.22. The molecule has 168 valence electrons. The number of aromatic nitrogens is 1. The summed E-state index contributed by atoms with van der Waals surface area (Å²) in [6.45, 7) is -0.120. The van der Waals surface area contributed by atoms with Crippen molar-refractivity contribution in [3.8, 4) is 0 Å². The number of amides is 1. The lowest BCUT2D eigenvalue weighted by atomic mass is 10.1. The van der Waals surface area contributed by atoms with Gasteiger partial charge in [0.2, 0.25) is 10.0 Å². The molecule has 0 bridgehead atoms. The van der Waals surface area contributed by atoms with E-state index in [-0.39, 0.29) is 27.8 Å². The van der Waals surface area contributed by atoms with E-state index in [1.165, 1.54) is 30.5 Å². The number of sulfonamides is 1. The van der Waals surface area contributed by atoms with Crippen molar-refractivity contribution in [2.75, 3.05) is 6.61 Å². The summed E-state index contributed by atoms with van der Waals surface area (Å²) >= 11 is 11.8. The Morgan fingerprint density at radius 1 is 1.03 bits per heavy atom. The van der Waals surface area contributed by atoms with E-state index in [9.17, 15) is 18.3 Å². The SMILES string of the molecule is O=C(NS(=O)(=O)C(CO)c1cc(Cl)cc(Cl)c1)c1ccc(COCc2ccccc2)nc1. The van der Waals surface area contributed by atoms with Gasteiger partial charge in [-0.15, -0.1) is 0 Å². The number of benzene rings is 2. The summed E-state index contributed by atoms with van der Waals surface area (Å²) < 4.78 is 32.9. The Hall–Kier alpha value is -2.49. The first-order chi connectivity index (χ1) is 15.3. The monoisotopic (exact) mass is 494 g/mol. The summed E-state index contributed by atoms with van der Waals surface area (Å²) in [5, 5.41) is 8.63. The Bertz CT molecular complexity index is 1150. The van der Waals surface area contributed by atoms with E-state index >= 15 is 0 Å². The van der Waals surface area contributed by atoms with Crippen LogP contribution in [0.2, 0.25) is 10.0 Å². The van der Waals surface area contributed by atoms with E-state index in [0.29, 0.717) is 12.3 Å². The molecule has 0 saturated carbocycles. The smallest absolute Gasteiger partial charge is 0.266 e. The molecule has 0 saturated heterocycles. The molecular weight excluding hydrogens is 475 g/mol. The highest BCUT2D eigenvalue weighted by atomic mass is 35.5. The van der Waals surface area contributed by atoms with E-state index in [4.69, 9.17) is 27.9 Å². The Labute approximate surface area is 196 Å². The summed E-state index contributed by atoms with van der Waals surface area (Å²) in [7, 11) is -4.28. The summed E-state index contributed by atoms with van der Waals surface area (Å²) in [6, 6.07) is 16.8. The molecule has 0 fully saturated rings. The van der Waals surface area contributed by atoms with Crippen LogP contribution in [-0.4, -0.2) is 31.0 Å². The molecule has 1 amide bonds. The van der Waals surface area contributed by atoms with Crippen LogP contribution >= 0.6 is 23.2 Å². The normalized spacial score (nSPS) is 12.3. The van der Waals surface area contributed by atoms with Crippen LogP contribution < -0.4 is 4.72 Å². The van der Waals surface area contributed by atoms with Crippen LogP contribution in [0.1, 0.15) is 32.4 Å². The number of nitrogens with zero attached hydrogens (tertiary/aromatic N) is 1. The molecule has 10 heteroatoms. The average molecular weight is 495 g/mol. The second-order valence-electron chi connectivity index (χ2n) is 6.87. The highest BCUT2D eigenvalue weighted by Gasteiger charge is 2.29. The summed E-state index contributed by atoms with van der Waals surface area (Å²) in [6.07, 6.45) is 1.26. The number of nitrogens with one attached hydrogen (secondary N) is 1. The average Bonchev–Trinajstić information content (AvgIpc) is 2.74. The minimum Gasteiger partial charge on any atom is -0.395 e. The molecule has 32 heavy (non-hydrogen) atoms. The fourth-order valence-corrected chi connectivity index (χ4v) is 4.65. The van der Waals surface area contributed by atoms with Crippen molar-refractivity contribution in [1.29, 1.82) is 0 Å². The molecular formula is C22H20Cl2N2O5S. The van der Waals surface area contributed by atoms with Gasteiger partial charge in [-0.05, 0) is 41.5 Å². The lowest BCUT2D eigenvalue weighted by Crippen LogP contribution is -2.35. The number of hydrogen-bond acceptors (Lipinski definition) is 6. The molecule has 7 nitrogen and oxygen atoms in total. The largest absolute Gasteiger partial charge is 0.395 e. The first-order valence-electron chi connectivity index (χ1n) is 9.48. The standard InChI is InChI=1S/C22H20Cl2N2O5S/c23-18-8-17(9-19(24)10-18)21(12-27)32(29,30)26-22(28)16-6-7-20(25-11-16)14-31-13-15-4-2-1-3-5-15/h1-11,21,27H,12-14H2,(H,26,28). The van der Waals surface area contributed by atoms with Crippen molar-refractivity contribution in [2.45, 2.75) is 18.5 Å². The number of carbonyl (C=O) groups excluding carboxylic acids is 1. The molecule has 1 heterocycles. The van der Waals surface area contributed by atoms with Crippen LogP contribution in [0.4, 0.5) is 0 Å². The van der Waals surface area contributed by atoms with Crippen LogP contribution in [0.5, 0.6) is 0 Å². The predicted molar refractivity (Wildman–Crippen MR) is 122 cm³/mol. The van der Waals surface area contributed by atoms with Crippen LogP contribution in [0.25, 0.3) is 0 Å². The number of aliphatic hydroxyl groups is 1. The van der Waals surface area contributed by atoms with Gasteiger partial charge < -0.3 is 9.84 Å². The van der Waals surface area contributed by atoms with E-state index in [0.717, 1.165) is 5.56 Å². The van der Waals surface area contributed by atoms with Gasteiger partial charge in [-0.25, -0.2) is 13.1 Å². The predicted octanol–water partition coefficient (Wildman–Crippen LogP) is 3.90. The van der Waals surface area contributed by atoms with Crippen molar-refractivity contribution in [1.82, 2.24) is 9.71 Å². The fraction of sp³-hybridized carbons (Fsp3) is 0.182. The molecule has 1 atom stereocenters. The molecule has 0 radical (unpaired) electrons. The van der Waals surface area contributed by atoms with Crippen molar-refractivity contribution in [3.05, 3.63) is 99.3 Å². The highest BCUT2D eigenvalue weighted by molar-refractivity contribution is 7.90. The number of hydrogen-bond donors (Lipinski definition) is 2. The number of rotatable bonds is 9. The van der Waals surface area contributed by atoms with Gasteiger partial charge in [-0.3, -0.25) is 9.78 Å². The van der Waals surface area contributed by atoms with E-state index in [1.54, 1.807) is 6.07 Å². The Balaban J connectivity index is 1.63. The summed E-state index contributed by atoms with van der Waals surface area (Å²) in [4.78, 5) is 16.6. The number of ether oxygens (including phenoxy) is 1. The highest BCUT2D eigenvalue weighted by Crippen LogP contribution is 2.27. The second-order valence-corrected chi connectivity index (χ2v) is 9.60. The van der Waals surface area contributed by atoms with Gasteiger partial charge in [0.05, 0.1) is 31.1 Å². The second kappa shape index (κ2) is 10.9. The zero-order valence-electron chi connectivity index (χ0n) is 16.7. The lowest BCUT2D eigenvalue weighted by molar-refractivity contribution is 0.0978. The van der Waals surface area contributed by atoms with Crippen LogP contribution in [0.3, 0.4) is 0 Å². The Morgan fingerprint density at radius 2 is 1.72 bits per heavy atom. The van der Waals surface area contributed by atoms with E-state index < -0.39 is 27.8 Å². The lowest BCUT2D eigenvalue weighted by Gasteiger charge is -2.17. The van der Waals surface area contributed by atoms with Gasteiger partial charge in [-0.2, -0.15) is 0 Å². The molecule has 0 aliphatic heterocycles. The molecule has 1 aromatic heterocycles. The van der Waals surface area contributed by atoms with Gasteiger partial charge in [0.15, 0.2) is 0 Å². The third-order valence-corrected chi connectivity index (χ3v) is 6.56. The van der Waals surface area contributed by atoms with E-state index in [2.05, 4.69) is 4.98 Å². The maximum Gasteiger partial charge on any atom is 0.266 e. The summed E-state index contributed by atoms with van der Waals surface area (Å²) in [5.74, 6) is -0.874. The van der Waals surface area contributed by atoms with Crippen LogP contribution in [0.15, 0.2) is 66.9 Å². The number of aliphatic hydroxyl groups excluding tert-OH is 1. The minimum absolute atomic E-state index is 0.0428. The molecule has 0 aliphatic carbocycles.